The second-order valence-corrected chi connectivity index (χ2v) is 4.96. The molecule has 1 aliphatic rings. The van der Waals surface area contributed by atoms with Crippen molar-refractivity contribution in [3.8, 4) is 0 Å². The molecule has 1 atom stereocenters. The monoisotopic (exact) mass is 166 g/mol. The quantitative estimate of drug-likeness (QED) is 0.540. The summed E-state index contributed by atoms with van der Waals surface area (Å²) in [6.07, 6.45) is 7.78. The van der Waals surface area contributed by atoms with Crippen LogP contribution in [0.4, 0.5) is 0 Å². The summed E-state index contributed by atoms with van der Waals surface area (Å²) in [4.78, 5) is 0. The van der Waals surface area contributed by atoms with Crippen molar-refractivity contribution in [2.45, 2.75) is 53.4 Å². The molecule has 0 spiro atoms. The molecule has 1 aliphatic carbocycles. The lowest BCUT2D eigenvalue weighted by Crippen LogP contribution is -2.16. The summed E-state index contributed by atoms with van der Waals surface area (Å²) in [5.41, 5.74) is 2.27. The average Bonchev–Trinajstić information content (AvgIpc) is 2.03. The molecular weight excluding hydrogens is 144 g/mol. The highest BCUT2D eigenvalue weighted by atomic mass is 14.3. The van der Waals surface area contributed by atoms with Crippen LogP contribution in [0.25, 0.3) is 0 Å². The highest BCUT2D eigenvalue weighted by Gasteiger charge is 2.22. The van der Waals surface area contributed by atoms with E-state index in [0.29, 0.717) is 5.41 Å². The van der Waals surface area contributed by atoms with Crippen molar-refractivity contribution < 1.29 is 0 Å². The van der Waals surface area contributed by atoms with Crippen LogP contribution in [0.3, 0.4) is 0 Å². The van der Waals surface area contributed by atoms with Crippen LogP contribution in [0.5, 0.6) is 0 Å². The van der Waals surface area contributed by atoms with Gasteiger partial charge in [-0.05, 0) is 37.0 Å². The molecule has 0 nitrogen and oxygen atoms in total. The predicted octanol–water partition coefficient (Wildman–Crippen LogP) is 4.17. The summed E-state index contributed by atoms with van der Waals surface area (Å²) in [7, 11) is 0. The van der Waals surface area contributed by atoms with Crippen LogP contribution in [-0.4, -0.2) is 0 Å². The predicted molar refractivity (Wildman–Crippen MR) is 55.2 cm³/mol. The molecule has 0 fully saturated rings. The van der Waals surface area contributed by atoms with Crippen LogP contribution < -0.4 is 0 Å². The lowest BCUT2D eigenvalue weighted by atomic mass is 9.75. The Balaban J connectivity index is 2.56. The van der Waals surface area contributed by atoms with E-state index in [1.54, 1.807) is 5.57 Å². The third kappa shape index (κ3) is 2.36. The van der Waals surface area contributed by atoms with Gasteiger partial charge in [0.15, 0.2) is 0 Å². The number of hydrogen-bond donors (Lipinski definition) is 0. The topological polar surface area (TPSA) is 0 Å². The smallest absolute Gasteiger partial charge is 0.0234 e. The zero-order valence-electron chi connectivity index (χ0n) is 8.98. The summed E-state index contributed by atoms with van der Waals surface area (Å²) in [6.45, 7) is 9.38. The minimum Gasteiger partial charge on any atom is -0.0845 e. The molecule has 0 aliphatic heterocycles. The van der Waals surface area contributed by atoms with Gasteiger partial charge in [0.2, 0.25) is 0 Å². The molecule has 0 heteroatoms. The minimum absolute atomic E-state index is 0.566. The molecular formula is C12H22. The van der Waals surface area contributed by atoms with Gasteiger partial charge in [-0.15, -0.1) is 0 Å². The molecule has 0 amide bonds. The van der Waals surface area contributed by atoms with Gasteiger partial charge >= 0.3 is 0 Å². The molecule has 1 unspecified atom stereocenters. The Hall–Kier alpha value is -0.260. The second-order valence-electron chi connectivity index (χ2n) is 4.96. The van der Waals surface area contributed by atoms with E-state index >= 15 is 0 Å². The fraction of sp³-hybridized carbons (Fsp3) is 0.833. The molecule has 0 radical (unpaired) electrons. The molecule has 70 valence electrons. The van der Waals surface area contributed by atoms with Gasteiger partial charge in [-0.2, -0.15) is 0 Å². The van der Waals surface area contributed by atoms with E-state index in [9.17, 15) is 0 Å². The average molecular weight is 166 g/mol. The Bertz CT molecular complexity index is 174. The molecule has 0 heterocycles. The Labute approximate surface area is 77.1 Å². The molecule has 0 saturated heterocycles. The first-order chi connectivity index (χ1) is 5.55. The summed E-state index contributed by atoms with van der Waals surface area (Å²) >= 11 is 0. The van der Waals surface area contributed by atoms with Crippen LogP contribution in [-0.2, 0) is 0 Å². The van der Waals surface area contributed by atoms with Crippen LogP contribution in [0, 0.1) is 11.3 Å². The fourth-order valence-electron chi connectivity index (χ4n) is 1.80. The Morgan fingerprint density at radius 1 is 1.50 bits per heavy atom. The van der Waals surface area contributed by atoms with Crippen molar-refractivity contribution in [1.82, 2.24) is 0 Å². The van der Waals surface area contributed by atoms with Crippen molar-refractivity contribution in [1.29, 1.82) is 0 Å². The van der Waals surface area contributed by atoms with Crippen molar-refractivity contribution in [2.24, 2.45) is 11.3 Å². The van der Waals surface area contributed by atoms with Gasteiger partial charge in [-0.25, -0.2) is 0 Å². The number of rotatable bonds is 2. The SMILES string of the molecule is CCC(C)C1=CCC(C)(C)CC1. The van der Waals surface area contributed by atoms with Gasteiger partial charge in [0.05, 0.1) is 0 Å². The molecule has 1 rings (SSSR count). The molecule has 0 saturated carbocycles. The first kappa shape index (κ1) is 9.83. The van der Waals surface area contributed by atoms with Gasteiger partial charge in [0.25, 0.3) is 0 Å². The Kier molecular flexibility index (Phi) is 2.98. The Morgan fingerprint density at radius 3 is 2.58 bits per heavy atom. The lowest BCUT2D eigenvalue weighted by Gasteiger charge is -2.30. The molecule has 0 bridgehead atoms. The first-order valence-corrected chi connectivity index (χ1v) is 5.24. The van der Waals surface area contributed by atoms with Crippen molar-refractivity contribution in [2.75, 3.05) is 0 Å². The fourth-order valence-corrected chi connectivity index (χ4v) is 1.80. The van der Waals surface area contributed by atoms with Crippen LogP contribution >= 0.6 is 0 Å². The van der Waals surface area contributed by atoms with Crippen molar-refractivity contribution >= 4 is 0 Å². The van der Waals surface area contributed by atoms with E-state index in [1.807, 2.05) is 0 Å². The van der Waals surface area contributed by atoms with Gasteiger partial charge in [-0.1, -0.05) is 39.3 Å². The lowest BCUT2D eigenvalue weighted by molar-refractivity contribution is 0.315. The molecule has 0 aromatic rings. The third-order valence-corrected chi connectivity index (χ3v) is 3.25. The summed E-state index contributed by atoms with van der Waals surface area (Å²) in [6, 6.07) is 0. The molecule has 0 aromatic heterocycles. The first-order valence-electron chi connectivity index (χ1n) is 5.24. The number of hydrogen-bond acceptors (Lipinski definition) is 0. The highest BCUT2D eigenvalue weighted by Crippen LogP contribution is 2.36. The van der Waals surface area contributed by atoms with Gasteiger partial charge in [-0.3, -0.25) is 0 Å². The van der Waals surface area contributed by atoms with Gasteiger partial charge < -0.3 is 0 Å². The second kappa shape index (κ2) is 3.64. The maximum Gasteiger partial charge on any atom is -0.0234 e. The van der Waals surface area contributed by atoms with E-state index < -0.39 is 0 Å². The summed E-state index contributed by atoms with van der Waals surface area (Å²) in [5, 5.41) is 0. The maximum absolute atomic E-state index is 2.48. The van der Waals surface area contributed by atoms with Crippen LogP contribution in [0.1, 0.15) is 53.4 Å². The standard InChI is InChI=1S/C12H22/c1-5-10(2)11-6-8-12(3,4)9-7-11/h6,10H,5,7-9H2,1-4H3. The van der Waals surface area contributed by atoms with Crippen molar-refractivity contribution in [3.05, 3.63) is 11.6 Å². The van der Waals surface area contributed by atoms with Crippen LogP contribution in [0.2, 0.25) is 0 Å². The van der Waals surface area contributed by atoms with E-state index in [2.05, 4.69) is 33.8 Å². The van der Waals surface area contributed by atoms with Gasteiger partial charge in [0, 0.05) is 0 Å². The molecule has 0 aromatic carbocycles. The largest absolute Gasteiger partial charge is 0.0845 e. The third-order valence-electron chi connectivity index (χ3n) is 3.25. The van der Waals surface area contributed by atoms with Crippen molar-refractivity contribution in [3.63, 3.8) is 0 Å². The molecule has 12 heavy (non-hydrogen) atoms. The number of allylic oxidation sites excluding steroid dienone is 2. The van der Waals surface area contributed by atoms with E-state index in [1.165, 1.54) is 25.7 Å². The Morgan fingerprint density at radius 2 is 2.17 bits per heavy atom. The molecule has 0 N–H and O–H groups in total. The summed E-state index contributed by atoms with van der Waals surface area (Å²) < 4.78 is 0. The van der Waals surface area contributed by atoms with E-state index in [4.69, 9.17) is 0 Å². The summed E-state index contributed by atoms with van der Waals surface area (Å²) in [5.74, 6) is 0.820. The normalized spacial score (nSPS) is 24.8. The van der Waals surface area contributed by atoms with Gasteiger partial charge in [0.1, 0.15) is 0 Å². The maximum atomic E-state index is 2.48. The minimum atomic E-state index is 0.566. The highest BCUT2D eigenvalue weighted by molar-refractivity contribution is 5.11. The van der Waals surface area contributed by atoms with E-state index in [0.717, 1.165) is 5.92 Å². The van der Waals surface area contributed by atoms with Crippen LogP contribution in [0.15, 0.2) is 11.6 Å². The zero-order chi connectivity index (χ0) is 9.19. The zero-order valence-corrected chi connectivity index (χ0v) is 8.98. The van der Waals surface area contributed by atoms with E-state index in [-0.39, 0.29) is 0 Å².